The summed E-state index contributed by atoms with van der Waals surface area (Å²) in [5.41, 5.74) is 2.98. The first kappa shape index (κ1) is 20.3. The average molecular weight is 383 g/mol. The second-order valence-electron chi connectivity index (χ2n) is 6.27. The van der Waals surface area contributed by atoms with Crippen molar-refractivity contribution in [3.8, 4) is 6.07 Å². The van der Waals surface area contributed by atoms with Crippen LogP contribution in [-0.4, -0.2) is 23.0 Å². The van der Waals surface area contributed by atoms with Crippen molar-refractivity contribution in [3.63, 3.8) is 0 Å². The van der Waals surface area contributed by atoms with E-state index >= 15 is 0 Å². The molecule has 27 heavy (non-hydrogen) atoms. The zero-order valence-electron chi connectivity index (χ0n) is 15.9. The minimum atomic E-state index is -0.694. The molecule has 0 spiro atoms. The van der Waals surface area contributed by atoms with Gasteiger partial charge in [-0.05, 0) is 44.9 Å². The number of esters is 1. The Morgan fingerprint density at radius 1 is 1.30 bits per heavy atom. The predicted octanol–water partition coefficient (Wildman–Crippen LogP) is 4.30. The number of anilines is 2. The molecule has 0 N–H and O–H groups in total. The molecule has 140 valence electrons. The van der Waals surface area contributed by atoms with Gasteiger partial charge in [0.1, 0.15) is 11.6 Å². The number of nitriles is 1. The van der Waals surface area contributed by atoms with Gasteiger partial charge in [0.15, 0.2) is 5.13 Å². The summed E-state index contributed by atoms with van der Waals surface area (Å²) in [6, 6.07) is 7.64. The van der Waals surface area contributed by atoms with E-state index in [1.54, 1.807) is 24.1 Å². The van der Waals surface area contributed by atoms with Crippen molar-refractivity contribution in [2.75, 3.05) is 4.90 Å². The van der Waals surface area contributed by atoms with Crippen LogP contribution in [0.4, 0.5) is 10.8 Å². The highest BCUT2D eigenvalue weighted by Crippen LogP contribution is 2.34. The number of amides is 1. The molecular weight excluding hydrogens is 362 g/mol. The summed E-state index contributed by atoms with van der Waals surface area (Å²) >= 11 is 1.26. The number of para-hydroxylation sites is 1. The lowest BCUT2D eigenvalue weighted by molar-refractivity contribution is -0.142. The number of carbonyl (C=O) groups is 2. The van der Waals surface area contributed by atoms with Crippen LogP contribution in [-0.2, 0) is 14.3 Å². The molecule has 1 aromatic heterocycles. The zero-order chi connectivity index (χ0) is 20.1. The minimum absolute atomic E-state index is 0.137. The molecule has 2 rings (SSSR count). The number of hydrogen-bond acceptors (Lipinski definition) is 6. The van der Waals surface area contributed by atoms with Gasteiger partial charge in [0.2, 0.25) is 5.91 Å². The van der Waals surface area contributed by atoms with Crippen LogP contribution < -0.4 is 4.90 Å². The van der Waals surface area contributed by atoms with Crippen LogP contribution >= 0.6 is 11.3 Å². The number of benzene rings is 1. The SMILES string of the molecule is CC(=O)N(c1nc(/C=C(\C#N)C(=O)OC(C)C)cs1)c1c(C)cccc1C. The summed E-state index contributed by atoms with van der Waals surface area (Å²) in [6.07, 6.45) is 1.05. The van der Waals surface area contributed by atoms with E-state index in [1.165, 1.54) is 24.3 Å². The molecule has 0 aliphatic heterocycles. The van der Waals surface area contributed by atoms with E-state index in [0.29, 0.717) is 10.8 Å². The van der Waals surface area contributed by atoms with E-state index in [0.717, 1.165) is 16.8 Å². The van der Waals surface area contributed by atoms with Crippen LogP contribution in [0.2, 0.25) is 0 Å². The molecule has 7 heteroatoms. The Kier molecular flexibility index (Phi) is 6.48. The number of rotatable bonds is 5. The van der Waals surface area contributed by atoms with Crippen LogP contribution in [0.3, 0.4) is 0 Å². The van der Waals surface area contributed by atoms with Crippen molar-refractivity contribution in [2.24, 2.45) is 0 Å². The highest BCUT2D eigenvalue weighted by Gasteiger charge is 2.21. The first-order chi connectivity index (χ1) is 12.7. The summed E-state index contributed by atoms with van der Waals surface area (Å²) in [5.74, 6) is -0.864. The van der Waals surface area contributed by atoms with Crippen molar-refractivity contribution < 1.29 is 14.3 Å². The van der Waals surface area contributed by atoms with E-state index < -0.39 is 5.97 Å². The Morgan fingerprint density at radius 3 is 2.44 bits per heavy atom. The lowest BCUT2D eigenvalue weighted by Gasteiger charge is -2.22. The average Bonchev–Trinajstić information content (AvgIpc) is 3.03. The van der Waals surface area contributed by atoms with E-state index in [1.807, 2.05) is 38.1 Å². The molecule has 1 aromatic carbocycles. The summed E-state index contributed by atoms with van der Waals surface area (Å²) < 4.78 is 5.05. The molecule has 0 saturated carbocycles. The van der Waals surface area contributed by atoms with Crippen molar-refractivity contribution >= 4 is 40.1 Å². The molecule has 0 bridgehead atoms. The number of aromatic nitrogens is 1. The molecule has 6 nitrogen and oxygen atoms in total. The lowest BCUT2D eigenvalue weighted by atomic mass is 10.1. The quantitative estimate of drug-likeness (QED) is 0.437. The molecule has 0 saturated heterocycles. The van der Waals surface area contributed by atoms with Gasteiger partial charge in [0, 0.05) is 12.3 Å². The smallest absolute Gasteiger partial charge is 0.349 e. The highest BCUT2D eigenvalue weighted by atomic mass is 32.1. The molecule has 0 aliphatic carbocycles. The van der Waals surface area contributed by atoms with Gasteiger partial charge in [-0.15, -0.1) is 11.3 Å². The second kappa shape index (κ2) is 8.60. The van der Waals surface area contributed by atoms with Gasteiger partial charge in [-0.25, -0.2) is 9.78 Å². The molecule has 0 unspecified atom stereocenters. The van der Waals surface area contributed by atoms with Crippen LogP contribution in [0.15, 0.2) is 29.2 Å². The Morgan fingerprint density at radius 2 is 1.93 bits per heavy atom. The van der Waals surface area contributed by atoms with Crippen LogP contribution in [0, 0.1) is 25.2 Å². The van der Waals surface area contributed by atoms with Gasteiger partial charge >= 0.3 is 5.97 Å². The topological polar surface area (TPSA) is 83.3 Å². The summed E-state index contributed by atoms with van der Waals surface area (Å²) in [6.45, 7) is 8.76. The maximum atomic E-state index is 12.3. The molecule has 2 aromatic rings. The van der Waals surface area contributed by atoms with Gasteiger partial charge in [-0.3, -0.25) is 9.69 Å². The number of nitrogens with zero attached hydrogens (tertiary/aromatic N) is 3. The third-order valence-electron chi connectivity index (χ3n) is 3.65. The van der Waals surface area contributed by atoms with Crippen LogP contribution in [0.1, 0.15) is 37.6 Å². The fourth-order valence-corrected chi connectivity index (χ4v) is 3.38. The van der Waals surface area contributed by atoms with Crippen LogP contribution in [0.25, 0.3) is 6.08 Å². The predicted molar refractivity (Wildman–Crippen MR) is 106 cm³/mol. The molecular formula is C20H21N3O3S. The molecule has 1 heterocycles. The van der Waals surface area contributed by atoms with Crippen molar-refractivity contribution in [1.29, 1.82) is 5.26 Å². The van der Waals surface area contributed by atoms with Crippen LogP contribution in [0.5, 0.6) is 0 Å². The van der Waals surface area contributed by atoms with Gasteiger partial charge in [0.25, 0.3) is 0 Å². The molecule has 0 radical (unpaired) electrons. The number of ether oxygens (including phenoxy) is 1. The molecule has 0 fully saturated rings. The van der Waals surface area contributed by atoms with Crippen molar-refractivity contribution in [2.45, 2.75) is 40.7 Å². The van der Waals surface area contributed by atoms with E-state index in [2.05, 4.69) is 4.98 Å². The first-order valence-electron chi connectivity index (χ1n) is 8.39. The number of thiazole rings is 1. The fourth-order valence-electron chi connectivity index (χ4n) is 2.55. The number of hydrogen-bond donors (Lipinski definition) is 0. The highest BCUT2D eigenvalue weighted by molar-refractivity contribution is 7.14. The summed E-state index contributed by atoms with van der Waals surface area (Å²) in [7, 11) is 0. The van der Waals surface area contributed by atoms with Gasteiger partial charge < -0.3 is 4.74 Å². The molecule has 1 amide bonds. The first-order valence-corrected chi connectivity index (χ1v) is 9.27. The Labute approximate surface area is 162 Å². The van der Waals surface area contributed by atoms with Gasteiger partial charge in [-0.1, -0.05) is 18.2 Å². The maximum Gasteiger partial charge on any atom is 0.349 e. The third-order valence-corrected chi connectivity index (χ3v) is 4.50. The fraction of sp³-hybridized carbons (Fsp3) is 0.300. The van der Waals surface area contributed by atoms with Crippen molar-refractivity contribution in [1.82, 2.24) is 4.98 Å². The largest absolute Gasteiger partial charge is 0.459 e. The maximum absolute atomic E-state index is 12.3. The normalized spacial score (nSPS) is 11.2. The standard InChI is InChI=1S/C20H21N3O3S/c1-12(2)26-19(25)16(10-21)9-17-11-27-20(22-17)23(15(5)24)18-13(3)7-6-8-14(18)4/h6-9,11-12H,1-5H3/b16-9+. The molecule has 0 aliphatic rings. The minimum Gasteiger partial charge on any atom is -0.459 e. The van der Waals surface area contributed by atoms with E-state index in [4.69, 9.17) is 4.74 Å². The number of aryl methyl sites for hydroxylation is 2. The molecule has 0 atom stereocenters. The second-order valence-corrected chi connectivity index (χ2v) is 7.11. The third kappa shape index (κ3) is 4.80. The summed E-state index contributed by atoms with van der Waals surface area (Å²) in [4.78, 5) is 30.2. The zero-order valence-corrected chi connectivity index (χ0v) is 16.8. The summed E-state index contributed by atoms with van der Waals surface area (Å²) in [5, 5.41) is 11.4. The Bertz CT molecular complexity index is 918. The Balaban J connectivity index is 2.42. The van der Waals surface area contributed by atoms with Crippen molar-refractivity contribution in [3.05, 3.63) is 46.0 Å². The van der Waals surface area contributed by atoms with E-state index in [9.17, 15) is 14.9 Å². The van der Waals surface area contributed by atoms with Gasteiger partial charge in [0.05, 0.1) is 17.5 Å². The van der Waals surface area contributed by atoms with E-state index in [-0.39, 0.29) is 17.6 Å². The Hall–Kier alpha value is -2.98. The monoisotopic (exact) mass is 383 g/mol. The van der Waals surface area contributed by atoms with Gasteiger partial charge in [-0.2, -0.15) is 5.26 Å². The lowest BCUT2D eigenvalue weighted by Crippen LogP contribution is -2.24. The number of carbonyl (C=O) groups excluding carboxylic acids is 2.